The van der Waals surface area contributed by atoms with E-state index < -0.39 is 0 Å². The summed E-state index contributed by atoms with van der Waals surface area (Å²) in [4.78, 5) is 3.13. The SMILES string of the molecule is CCC(C(N)=S)N1CCC(C(C)C)CC1. The van der Waals surface area contributed by atoms with Gasteiger partial charge in [0.2, 0.25) is 0 Å². The van der Waals surface area contributed by atoms with E-state index in [1.807, 2.05) is 0 Å². The van der Waals surface area contributed by atoms with Gasteiger partial charge in [-0.1, -0.05) is 33.0 Å². The zero-order chi connectivity index (χ0) is 11.4. The minimum Gasteiger partial charge on any atom is -0.392 e. The van der Waals surface area contributed by atoms with Gasteiger partial charge in [-0.05, 0) is 44.2 Å². The average Bonchev–Trinajstić information content (AvgIpc) is 2.19. The van der Waals surface area contributed by atoms with Crippen LogP contribution in [-0.2, 0) is 0 Å². The van der Waals surface area contributed by atoms with Crippen LogP contribution in [0.3, 0.4) is 0 Å². The maximum atomic E-state index is 5.76. The van der Waals surface area contributed by atoms with Gasteiger partial charge >= 0.3 is 0 Å². The fourth-order valence-corrected chi connectivity index (χ4v) is 2.85. The second kappa shape index (κ2) is 5.80. The molecule has 0 aromatic carbocycles. The molecule has 1 fully saturated rings. The van der Waals surface area contributed by atoms with Crippen molar-refractivity contribution in [1.29, 1.82) is 0 Å². The Kier molecular flexibility index (Phi) is 5.00. The van der Waals surface area contributed by atoms with Gasteiger partial charge in [0.15, 0.2) is 0 Å². The van der Waals surface area contributed by atoms with E-state index in [1.54, 1.807) is 0 Å². The van der Waals surface area contributed by atoms with E-state index in [0.717, 1.165) is 18.3 Å². The van der Waals surface area contributed by atoms with E-state index in [-0.39, 0.29) is 0 Å². The Morgan fingerprint density at radius 3 is 2.27 bits per heavy atom. The third-order valence-electron chi connectivity index (χ3n) is 3.67. The second-order valence-corrected chi connectivity index (χ2v) is 5.42. The Morgan fingerprint density at radius 2 is 1.93 bits per heavy atom. The van der Waals surface area contributed by atoms with Crippen LogP contribution in [0.1, 0.15) is 40.0 Å². The smallest absolute Gasteiger partial charge is 0.0901 e. The highest BCUT2D eigenvalue weighted by molar-refractivity contribution is 7.80. The van der Waals surface area contributed by atoms with Crippen molar-refractivity contribution in [3.8, 4) is 0 Å². The number of likely N-dealkylation sites (tertiary alicyclic amines) is 1. The molecule has 0 amide bonds. The molecule has 1 unspecified atom stereocenters. The summed E-state index contributed by atoms with van der Waals surface area (Å²) in [6, 6.07) is 0.327. The molecule has 2 nitrogen and oxygen atoms in total. The Hall–Kier alpha value is -0.150. The first-order valence-corrected chi connectivity index (χ1v) is 6.50. The van der Waals surface area contributed by atoms with Gasteiger partial charge in [0.25, 0.3) is 0 Å². The largest absolute Gasteiger partial charge is 0.392 e. The lowest BCUT2D eigenvalue weighted by molar-refractivity contribution is 0.139. The Bertz CT molecular complexity index is 208. The first kappa shape index (κ1) is 12.9. The third kappa shape index (κ3) is 3.42. The molecule has 1 atom stereocenters. The lowest BCUT2D eigenvalue weighted by Crippen LogP contribution is -2.47. The summed E-state index contributed by atoms with van der Waals surface area (Å²) in [7, 11) is 0. The zero-order valence-electron chi connectivity index (χ0n) is 10.2. The minimum absolute atomic E-state index is 0.327. The molecule has 0 saturated carbocycles. The third-order valence-corrected chi connectivity index (χ3v) is 3.94. The first-order valence-electron chi connectivity index (χ1n) is 6.09. The molecule has 0 aromatic heterocycles. The number of hydrogen-bond donors (Lipinski definition) is 1. The van der Waals surface area contributed by atoms with Crippen molar-refractivity contribution in [3.63, 3.8) is 0 Å². The molecule has 0 spiro atoms. The molecular weight excluding hydrogens is 204 g/mol. The number of hydrogen-bond acceptors (Lipinski definition) is 2. The predicted molar refractivity (Wildman–Crippen MR) is 70.0 cm³/mol. The van der Waals surface area contributed by atoms with Crippen molar-refractivity contribution in [2.45, 2.75) is 46.1 Å². The van der Waals surface area contributed by atoms with Crippen LogP contribution in [0, 0.1) is 11.8 Å². The van der Waals surface area contributed by atoms with Crippen LogP contribution >= 0.6 is 12.2 Å². The summed E-state index contributed by atoms with van der Waals surface area (Å²) in [6.45, 7) is 9.14. The van der Waals surface area contributed by atoms with E-state index >= 15 is 0 Å². The number of nitrogens with zero attached hydrogens (tertiary/aromatic N) is 1. The molecule has 0 radical (unpaired) electrons. The molecule has 1 rings (SSSR count). The summed E-state index contributed by atoms with van der Waals surface area (Å²) >= 11 is 5.11. The topological polar surface area (TPSA) is 29.3 Å². The predicted octanol–water partition coefficient (Wildman–Crippen LogP) is 2.42. The summed E-state index contributed by atoms with van der Waals surface area (Å²) < 4.78 is 0. The van der Waals surface area contributed by atoms with Gasteiger partial charge in [-0.3, -0.25) is 4.90 Å². The van der Waals surface area contributed by atoms with Crippen LogP contribution in [0.4, 0.5) is 0 Å². The monoisotopic (exact) mass is 228 g/mol. The normalized spacial score (nSPS) is 21.9. The van der Waals surface area contributed by atoms with Crippen molar-refractivity contribution in [3.05, 3.63) is 0 Å². The fourth-order valence-electron chi connectivity index (χ4n) is 2.54. The van der Waals surface area contributed by atoms with Crippen LogP contribution in [0.2, 0.25) is 0 Å². The molecule has 1 aliphatic rings. The van der Waals surface area contributed by atoms with E-state index in [2.05, 4.69) is 25.7 Å². The van der Waals surface area contributed by atoms with E-state index in [0.29, 0.717) is 11.0 Å². The van der Waals surface area contributed by atoms with Crippen molar-refractivity contribution in [1.82, 2.24) is 4.90 Å². The average molecular weight is 228 g/mol. The first-order chi connectivity index (χ1) is 7.06. The summed E-state index contributed by atoms with van der Waals surface area (Å²) in [5.41, 5.74) is 5.76. The van der Waals surface area contributed by atoms with Gasteiger partial charge in [0.1, 0.15) is 0 Å². The van der Waals surface area contributed by atoms with Crippen LogP contribution < -0.4 is 5.73 Å². The van der Waals surface area contributed by atoms with E-state index in [9.17, 15) is 0 Å². The Labute approximate surface area is 99.2 Å². The summed E-state index contributed by atoms with van der Waals surface area (Å²) in [5, 5.41) is 0. The molecule has 88 valence electrons. The van der Waals surface area contributed by atoms with Gasteiger partial charge in [-0.15, -0.1) is 0 Å². The number of nitrogens with two attached hydrogens (primary N) is 1. The second-order valence-electron chi connectivity index (χ2n) is 4.94. The van der Waals surface area contributed by atoms with Crippen LogP contribution in [0.25, 0.3) is 0 Å². The quantitative estimate of drug-likeness (QED) is 0.749. The van der Waals surface area contributed by atoms with Crippen molar-refractivity contribution in [2.75, 3.05) is 13.1 Å². The van der Waals surface area contributed by atoms with Gasteiger partial charge in [0.05, 0.1) is 11.0 Å². The van der Waals surface area contributed by atoms with Gasteiger partial charge in [-0.2, -0.15) is 0 Å². The molecular formula is C12H24N2S. The van der Waals surface area contributed by atoms with E-state index in [1.165, 1.54) is 25.9 Å². The lowest BCUT2D eigenvalue weighted by Gasteiger charge is -2.38. The van der Waals surface area contributed by atoms with E-state index in [4.69, 9.17) is 18.0 Å². The highest BCUT2D eigenvalue weighted by atomic mass is 32.1. The maximum absolute atomic E-state index is 5.76. The Balaban J connectivity index is 2.45. The highest BCUT2D eigenvalue weighted by Crippen LogP contribution is 2.25. The van der Waals surface area contributed by atoms with Gasteiger partial charge in [0, 0.05) is 0 Å². The van der Waals surface area contributed by atoms with Gasteiger partial charge < -0.3 is 5.73 Å². The molecule has 3 heteroatoms. The minimum atomic E-state index is 0.327. The number of piperidine rings is 1. The van der Waals surface area contributed by atoms with Crippen molar-refractivity contribution < 1.29 is 0 Å². The Morgan fingerprint density at radius 1 is 1.40 bits per heavy atom. The molecule has 15 heavy (non-hydrogen) atoms. The summed E-state index contributed by atoms with van der Waals surface area (Å²) in [5.74, 6) is 1.71. The maximum Gasteiger partial charge on any atom is 0.0901 e. The zero-order valence-corrected chi connectivity index (χ0v) is 11.0. The van der Waals surface area contributed by atoms with Gasteiger partial charge in [-0.25, -0.2) is 0 Å². The molecule has 1 heterocycles. The van der Waals surface area contributed by atoms with Crippen LogP contribution in [-0.4, -0.2) is 29.0 Å². The molecule has 0 aliphatic carbocycles. The molecule has 0 aromatic rings. The number of thiocarbonyl (C=S) groups is 1. The molecule has 2 N–H and O–H groups in total. The molecule has 1 saturated heterocycles. The van der Waals surface area contributed by atoms with Crippen LogP contribution in [0.5, 0.6) is 0 Å². The molecule has 1 aliphatic heterocycles. The lowest BCUT2D eigenvalue weighted by atomic mass is 9.86. The highest BCUT2D eigenvalue weighted by Gasteiger charge is 2.26. The fraction of sp³-hybridized carbons (Fsp3) is 0.917. The van der Waals surface area contributed by atoms with Crippen LogP contribution in [0.15, 0.2) is 0 Å². The van der Waals surface area contributed by atoms with Crippen molar-refractivity contribution >= 4 is 17.2 Å². The standard InChI is InChI=1S/C12H24N2S/c1-4-11(12(13)15)14-7-5-10(6-8-14)9(2)3/h9-11H,4-8H2,1-3H3,(H2,13,15). The summed E-state index contributed by atoms with van der Waals surface area (Å²) in [6.07, 6.45) is 3.65. The molecule has 0 bridgehead atoms. The van der Waals surface area contributed by atoms with Crippen molar-refractivity contribution in [2.24, 2.45) is 17.6 Å². The number of rotatable bonds is 4.